The van der Waals surface area contributed by atoms with Crippen LogP contribution in [-0.4, -0.2) is 70.3 Å². The first-order valence-corrected chi connectivity index (χ1v) is 14.0. The molecule has 1 aliphatic rings. The quantitative estimate of drug-likeness (QED) is 0.464. The topological polar surface area (TPSA) is 105 Å². The normalized spacial score (nSPS) is 13.5. The highest BCUT2D eigenvalue weighted by atomic mass is 32.2. The van der Waals surface area contributed by atoms with Crippen LogP contribution in [0.2, 0.25) is 0 Å². The molecule has 2 aromatic carbocycles. The lowest BCUT2D eigenvalue weighted by Gasteiger charge is -2.29. The van der Waals surface area contributed by atoms with E-state index in [9.17, 15) is 18.0 Å². The molecule has 2 aromatic rings. The monoisotopic (exact) mass is 517 g/mol. The second-order valence-corrected chi connectivity index (χ2v) is 10.6. The lowest BCUT2D eigenvalue weighted by molar-refractivity contribution is -0.139. The van der Waals surface area contributed by atoms with Crippen LogP contribution in [0, 0.1) is 0 Å². The van der Waals surface area contributed by atoms with Gasteiger partial charge in [0.05, 0.1) is 11.9 Å². The molecular weight excluding hydrogens is 482 g/mol. The number of ether oxygens (including phenoxy) is 2. The molecule has 2 amide bonds. The number of hydrogen-bond donors (Lipinski definition) is 1. The average Bonchev–Trinajstić information content (AvgIpc) is 2.86. The first kappa shape index (κ1) is 27.3. The van der Waals surface area contributed by atoms with Gasteiger partial charge in [-0.25, -0.2) is 8.42 Å². The van der Waals surface area contributed by atoms with Crippen molar-refractivity contribution in [2.75, 3.05) is 43.4 Å². The van der Waals surface area contributed by atoms with E-state index in [1.54, 1.807) is 30.0 Å². The first-order chi connectivity index (χ1) is 17.2. The highest BCUT2D eigenvalue weighted by Gasteiger charge is 2.26. The molecule has 36 heavy (non-hydrogen) atoms. The molecule has 1 N–H and O–H groups in total. The van der Waals surface area contributed by atoms with E-state index in [1.165, 1.54) is 4.31 Å². The van der Waals surface area contributed by atoms with Gasteiger partial charge in [0.1, 0.15) is 19.3 Å². The van der Waals surface area contributed by atoms with Gasteiger partial charge < -0.3 is 19.7 Å². The van der Waals surface area contributed by atoms with E-state index in [0.717, 1.165) is 11.8 Å². The molecule has 0 aromatic heterocycles. The molecule has 0 aliphatic carbocycles. The minimum atomic E-state index is -3.60. The van der Waals surface area contributed by atoms with Crippen LogP contribution >= 0.6 is 0 Å². The fourth-order valence-electron chi connectivity index (χ4n) is 4.08. The fourth-order valence-corrected chi connectivity index (χ4v) is 5.04. The van der Waals surface area contributed by atoms with E-state index in [-0.39, 0.29) is 24.8 Å². The molecule has 1 aliphatic heterocycles. The van der Waals surface area contributed by atoms with Crippen molar-refractivity contribution in [3.8, 4) is 11.5 Å². The van der Waals surface area contributed by atoms with Gasteiger partial charge in [-0.3, -0.25) is 13.9 Å². The van der Waals surface area contributed by atoms with Crippen LogP contribution in [0.4, 0.5) is 5.69 Å². The molecular formula is C26H35N3O6S. The average molecular weight is 518 g/mol. The minimum Gasteiger partial charge on any atom is -0.486 e. The molecule has 0 radical (unpaired) electrons. The van der Waals surface area contributed by atoms with Crippen LogP contribution in [0.15, 0.2) is 48.5 Å². The summed E-state index contributed by atoms with van der Waals surface area (Å²) >= 11 is 0. The van der Waals surface area contributed by atoms with Gasteiger partial charge in [-0.05, 0) is 44.4 Å². The third kappa shape index (κ3) is 7.36. The Balaban J connectivity index is 1.68. The summed E-state index contributed by atoms with van der Waals surface area (Å²) in [5.41, 5.74) is 1.52. The number of carbonyl (C=O) groups excluding carboxylic acids is 2. The summed E-state index contributed by atoms with van der Waals surface area (Å²) in [5, 5.41) is 2.78. The number of carbonyl (C=O) groups is 2. The predicted octanol–water partition coefficient (Wildman–Crippen LogP) is 2.60. The van der Waals surface area contributed by atoms with E-state index in [0.29, 0.717) is 56.3 Å². The maximum absolute atomic E-state index is 13.2. The Labute approximate surface area is 213 Å². The van der Waals surface area contributed by atoms with Gasteiger partial charge in [0.25, 0.3) is 0 Å². The van der Waals surface area contributed by atoms with Crippen LogP contribution in [0.25, 0.3) is 0 Å². The number of rotatable bonds is 12. The molecule has 0 saturated heterocycles. The molecule has 9 nitrogen and oxygen atoms in total. The number of nitrogens with zero attached hydrogens (tertiary/aromatic N) is 2. The van der Waals surface area contributed by atoms with Gasteiger partial charge in [-0.1, -0.05) is 30.3 Å². The van der Waals surface area contributed by atoms with Gasteiger partial charge in [-0.15, -0.1) is 0 Å². The van der Waals surface area contributed by atoms with Gasteiger partial charge >= 0.3 is 0 Å². The van der Waals surface area contributed by atoms with E-state index in [4.69, 9.17) is 9.47 Å². The van der Waals surface area contributed by atoms with Crippen LogP contribution in [0.1, 0.15) is 32.3 Å². The lowest BCUT2D eigenvalue weighted by Crippen LogP contribution is -2.48. The number of benzene rings is 2. The number of nitrogens with one attached hydrogen (secondary N) is 1. The summed E-state index contributed by atoms with van der Waals surface area (Å²) in [6.45, 7) is 5.37. The van der Waals surface area contributed by atoms with Gasteiger partial charge in [-0.2, -0.15) is 0 Å². The van der Waals surface area contributed by atoms with Crippen LogP contribution < -0.4 is 19.1 Å². The summed E-state index contributed by atoms with van der Waals surface area (Å²) < 4.78 is 37.5. The maximum Gasteiger partial charge on any atom is 0.242 e. The molecule has 1 atom stereocenters. The molecule has 0 bridgehead atoms. The zero-order valence-corrected chi connectivity index (χ0v) is 21.9. The number of fused-ring (bicyclic) bond motifs is 1. The van der Waals surface area contributed by atoms with Crippen molar-refractivity contribution in [1.29, 1.82) is 0 Å². The summed E-state index contributed by atoms with van der Waals surface area (Å²) in [7, 11) is -3.60. The van der Waals surface area contributed by atoms with Crippen molar-refractivity contribution in [1.82, 2.24) is 10.2 Å². The Bertz CT molecular complexity index is 1140. The van der Waals surface area contributed by atoms with Crippen molar-refractivity contribution >= 4 is 27.5 Å². The molecule has 1 heterocycles. The van der Waals surface area contributed by atoms with Gasteiger partial charge in [0.2, 0.25) is 21.8 Å². The predicted molar refractivity (Wildman–Crippen MR) is 139 cm³/mol. The number of likely N-dealkylation sites (N-methyl/N-ethyl adjacent to an activating group) is 1. The zero-order chi connectivity index (χ0) is 26.1. The van der Waals surface area contributed by atoms with Crippen molar-refractivity contribution in [2.24, 2.45) is 0 Å². The van der Waals surface area contributed by atoms with Crippen LogP contribution in [-0.2, 0) is 26.0 Å². The Morgan fingerprint density at radius 3 is 2.39 bits per heavy atom. The van der Waals surface area contributed by atoms with Crippen LogP contribution in [0.3, 0.4) is 0 Å². The molecule has 10 heteroatoms. The standard InChI is InChI=1S/C26H35N3O6S/c1-4-27-26(31)20(2)28(16-14-21-9-6-5-7-10-21)25(30)11-8-15-29(36(3,32)33)22-12-13-23-24(19-22)35-18-17-34-23/h5-7,9-10,12-13,19-20H,4,8,11,14-18H2,1-3H3,(H,27,31)/t20-/m1/s1. The summed E-state index contributed by atoms with van der Waals surface area (Å²) in [4.78, 5) is 27.3. The van der Waals surface area contributed by atoms with E-state index < -0.39 is 16.1 Å². The highest BCUT2D eigenvalue weighted by molar-refractivity contribution is 7.92. The molecule has 0 saturated carbocycles. The summed E-state index contributed by atoms with van der Waals surface area (Å²) in [5.74, 6) is 0.654. The molecule has 3 rings (SSSR count). The highest BCUT2D eigenvalue weighted by Crippen LogP contribution is 2.34. The molecule has 0 unspecified atom stereocenters. The number of amides is 2. The minimum absolute atomic E-state index is 0.106. The Kier molecular flexibility index (Phi) is 9.58. The largest absolute Gasteiger partial charge is 0.486 e. The Hall–Kier alpha value is -3.27. The fraction of sp³-hybridized carbons (Fsp3) is 0.462. The van der Waals surface area contributed by atoms with Gasteiger partial charge in [0, 0.05) is 32.1 Å². The first-order valence-electron chi connectivity index (χ1n) is 12.2. The van der Waals surface area contributed by atoms with Crippen molar-refractivity contribution in [3.63, 3.8) is 0 Å². The second-order valence-electron chi connectivity index (χ2n) is 8.66. The van der Waals surface area contributed by atoms with E-state index in [2.05, 4.69) is 5.32 Å². The number of sulfonamides is 1. The smallest absolute Gasteiger partial charge is 0.242 e. The van der Waals surface area contributed by atoms with E-state index in [1.807, 2.05) is 37.3 Å². The molecule has 0 spiro atoms. The maximum atomic E-state index is 13.2. The van der Waals surface area contributed by atoms with E-state index >= 15 is 0 Å². The van der Waals surface area contributed by atoms with Crippen molar-refractivity contribution < 1.29 is 27.5 Å². The third-order valence-electron chi connectivity index (χ3n) is 5.97. The van der Waals surface area contributed by atoms with Gasteiger partial charge in [0.15, 0.2) is 11.5 Å². The SMILES string of the molecule is CCNC(=O)[C@@H](C)N(CCc1ccccc1)C(=O)CCCN(c1ccc2c(c1)OCCO2)S(C)(=O)=O. The number of hydrogen-bond acceptors (Lipinski definition) is 6. The molecule has 196 valence electrons. The Morgan fingerprint density at radius 1 is 1.03 bits per heavy atom. The lowest BCUT2D eigenvalue weighted by atomic mass is 10.1. The molecule has 0 fully saturated rings. The summed E-state index contributed by atoms with van der Waals surface area (Å²) in [6, 6.07) is 14.1. The Morgan fingerprint density at radius 2 is 1.72 bits per heavy atom. The number of anilines is 1. The zero-order valence-electron chi connectivity index (χ0n) is 21.1. The van der Waals surface area contributed by atoms with Crippen molar-refractivity contribution in [3.05, 3.63) is 54.1 Å². The summed E-state index contributed by atoms with van der Waals surface area (Å²) in [6.07, 6.45) is 2.15. The third-order valence-corrected chi connectivity index (χ3v) is 7.16. The van der Waals surface area contributed by atoms with Crippen LogP contribution in [0.5, 0.6) is 11.5 Å². The second kappa shape index (κ2) is 12.6. The van der Waals surface area contributed by atoms with Crippen molar-refractivity contribution in [2.45, 2.75) is 39.2 Å².